The molecule has 1 aromatic carbocycles. The van der Waals surface area contributed by atoms with Crippen molar-refractivity contribution in [2.75, 3.05) is 7.11 Å². The fourth-order valence-corrected chi connectivity index (χ4v) is 4.14. The number of rotatable bonds is 6. The van der Waals surface area contributed by atoms with Crippen molar-refractivity contribution >= 4 is 0 Å². The third-order valence-corrected chi connectivity index (χ3v) is 5.39. The first-order valence-corrected chi connectivity index (χ1v) is 8.54. The molecule has 0 amide bonds. The molecule has 1 heterocycles. The fraction of sp³-hybridized carbons (Fsp3) is 0.474. The van der Waals surface area contributed by atoms with E-state index < -0.39 is 0 Å². The lowest BCUT2D eigenvalue weighted by Crippen LogP contribution is -2.22. The number of ether oxygens (including phenoxy) is 1. The van der Waals surface area contributed by atoms with Gasteiger partial charge in [0.25, 0.3) is 0 Å². The topological polar surface area (TPSA) is 62.9 Å². The maximum absolute atomic E-state index is 8.68. The molecule has 1 unspecified atom stereocenters. The molecule has 1 aliphatic rings. The quantitative estimate of drug-likeness (QED) is 0.405. The van der Waals surface area contributed by atoms with E-state index in [-0.39, 0.29) is 11.5 Å². The molecule has 1 aliphatic carbocycles. The third-order valence-electron chi connectivity index (χ3n) is 5.39. The third kappa shape index (κ3) is 2.28. The van der Waals surface area contributed by atoms with Gasteiger partial charge in [0.05, 0.1) is 18.8 Å². The molecule has 0 bridgehead atoms. The van der Waals surface area contributed by atoms with Gasteiger partial charge in [0.1, 0.15) is 5.75 Å². The molecule has 1 atom stereocenters. The number of aromatic nitrogens is 1. The number of methoxy groups -OCH3 is 1. The zero-order valence-corrected chi connectivity index (χ0v) is 14.8. The first-order chi connectivity index (χ1) is 11.6. The molecule has 0 spiro atoms. The second-order valence-electron chi connectivity index (χ2n) is 6.49. The molecule has 5 heteroatoms. The van der Waals surface area contributed by atoms with Crippen LogP contribution in [0.4, 0.5) is 0 Å². The Morgan fingerprint density at radius 3 is 2.62 bits per heavy atom. The van der Waals surface area contributed by atoms with E-state index in [1.165, 1.54) is 22.4 Å². The molecule has 0 N–H and O–H groups in total. The molecule has 3 rings (SSSR count). The van der Waals surface area contributed by atoms with Crippen LogP contribution in [0.15, 0.2) is 35.6 Å². The average molecular weight is 324 g/mol. The van der Waals surface area contributed by atoms with Gasteiger partial charge in [-0.2, -0.15) is 0 Å². The molecule has 0 saturated carbocycles. The summed E-state index contributed by atoms with van der Waals surface area (Å²) in [5.74, 6) is 0.874. The molecule has 5 nitrogen and oxygen atoms in total. The van der Waals surface area contributed by atoms with Gasteiger partial charge in [0, 0.05) is 28.6 Å². The number of benzene rings is 1. The molecular formula is C19H24N4O. The Morgan fingerprint density at radius 1 is 1.25 bits per heavy atom. The maximum atomic E-state index is 8.68. The molecule has 1 aromatic heterocycles. The summed E-state index contributed by atoms with van der Waals surface area (Å²) in [6.45, 7) is 7.14. The van der Waals surface area contributed by atoms with E-state index in [0.29, 0.717) is 6.54 Å². The molecule has 0 radical (unpaired) electrons. The SMILES string of the molecule is CCC1(CC)c2ccc(OC)cc2-c2c1ccn2CC(C)N=[N+]=[N-]. The number of hydrogen-bond acceptors (Lipinski definition) is 2. The molecular weight excluding hydrogens is 300 g/mol. The summed E-state index contributed by atoms with van der Waals surface area (Å²) in [6.07, 6.45) is 4.24. The van der Waals surface area contributed by atoms with Gasteiger partial charge in [0.2, 0.25) is 0 Å². The molecule has 0 fully saturated rings. The minimum absolute atomic E-state index is 0.0594. The minimum Gasteiger partial charge on any atom is -0.497 e. The van der Waals surface area contributed by atoms with Crippen molar-refractivity contribution < 1.29 is 4.74 Å². The summed E-state index contributed by atoms with van der Waals surface area (Å²) in [7, 11) is 1.70. The van der Waals surface area contributed by atoms with Gasteiger partial charge >= 0.3 is 0 Å². The summed E-state index contributed by atoms with van der Waals surface area (Å²) in [6, 6.07) is 8.55. The van der Waals surface area contributed by atoms with Crippen LogP contribution in [0.3, 0.4) is 0 Å². The van der Waals surface area contributed by atoms with Crippen molar-refractivity contribution in [2.24, 2.45) is 5.11 Å². The van der Waals surface area contributed by atoms with Crippen molar-refractivity contribution in [3.8, 4) is 17.0 Å². The average Bonchev–Trinajstić information content (AvgIpc) is 3.12. The second kappa shape index (κ2) is 6.25. The molecule has 24 heavy (non-hydrogen) atoms. The van der Waals surface area contributed by atoms with E-state index in [2.05, 4.69) is 58.9 Å². The van der Waals surface area contributed by atoms with Crippen molar-refractivity contribution in [1.29, 1.82) is 0 Å². The second-order valence-corrected chi connectivity index (χ2v) is 6.49. The largest absolute Gasteiger partial charge is 0.497 e. The Bertz CT molecular complexity index is 798. The van der Waals surface area contributed by atoms with Crippen molar-refractivity contribution in [1.82, 2.24) is 4.57 Å². The van der Waals surface area contributed by atoms with Crippen LogP contribution in [0, 0.1) is 0 Å². The standard InChI is InChI=1S/C19H24N4O/c1-5-19(6-2)16-8-7-14(24-4)11-15(16)18-17(19)9-10-23(18)12-13(3)21-22-20/h7-11,13H,5-6,12H2,1-4H3. The number of azide groups is 1. The Labute approximate surface area is 142 Å². The highest BCUT2D eigenvalue weighted by Gasteiger charge is 2.42. The molecule has 0 saturated heterocycles. The van der Waals surface area contributed by atoms with Gasteiger partial charge in [-0.1, -0.05) is 32.0 Å². The highest BCUT2D eigenvalue weighted by molar-refractivity contribution is 5.80. The van der Waals surface area contributed by atoms with Crippen molar-refractivity contribution in [3.63, 3.8) is 0 Å². The van der Waals surface area contributed by atoms with Crippen LogP contribution in [0.2, 0.25) is 0 Å². The Hall–Kier alpha value is -2.39. The van der Waals surface area contributed by atoms with Crippen LogP contribution in [0.1, 0.15) is 44.7 Å². The monoisotopic (exact) mass is 324 g/mol. The zero-order chi connectivity index (χ0) is 17.3. The lowest BCUT2D eigenvalue weighted by atomic mass is 9.74. The van der Waals surface area contributed by atoms with Gasteiger partial charge in [-0.15, -0.1) is 0 Å². The van der Waals surface area contributed by atoms with E-state index in [1.807, 2.05) is 6.92 Å². The van der Waals surface area contributed by atoms with Crippen LogP contribution in [-0.4, -0.2) is 17.7 Å². The van der Waals surface area contributed by atoms with Crippen molar-refractivity contribution in [2.45, 2.75) is 51.6 Å². The minimum atomic E-state index is -0.0844. The van der Waals surface area contributed by atoms with Crippen LogP contribution >= 0.6 is 0 Å². The van der Waals surface area contributed by atoms with Gasteiger partial charge < -0.3 is 9.30 Å². The van der Waals surface area contributed by atoms with E-state index >= 15 is 0 Å². The maximum Gasteiger partial charge on any atom is 0.119 e. The molecule has 126 valence electrons. The van der Waals surface area contributed by atoms with Gasteiger partial charge in [-0.25, -0.2) is 0 Å². The molecule has 0 aliphatic heterocycles. The first kappa shape index (κ1) is 16.5. The predicted octanol–water partition coefficient (Wildman–Crippen LogP) is 5.28. The summed E-state index contributed by atoms with van der Waals surface area (Å²) < 4.78 is 7.67. The van der Waals surface area contributed by atoms with Crippen LogP contribution in [-0.2, 0) is 12.0 Å². The normalized spacial score (nSPS) is 15.3. The van der Waals surface area contributed by atoms with Crippen LogP contribution < -0.4 is 4.74 Å². The lowest BCUT2D eigenvalue weighted by molar-refractivity contribution is 0.414. The van der Waals surface area contributed by atoms with Gasteiger partial charge in [-0.05, 0) is 47.7 Å². The van der Waals surface area contributed by atoms with Gasteiger partial charge in [0.15, 0.2) is 0 Å². The predicted molar refractivity (Wildman–Crippen MR) is 96.4 cm³/mol. The lowest BCUT2D eigenvalue weighted by Gasteiger charge is -2.28. The highest BCUT2D eigenvalue weighted by Crippen LogP contribution is 2.53. The summed E-state index contributed by atoms with van der Waals surface area (Å²) in [5, 5.41) is 3.83. The van der Waals surface area contributed by atoms with E-state index in [9.17, 15) is 0 Å². The van der Waals surface area contributed by atoms with Crippen LogP contribution in [0.5, 0.6) is 5.75 Å². The zero-order valence-electron chi connectivity index (χ0n) is 14.8. The van der Waals surface area contributed by atoms with Crippen molar-refractivity contribution in [3.05, 3.63) is 52.0 Å². The Morgan fingerprint density at radius 2 is 2.00 bits per heavy atom. The summed E-state index contributed by atoms with van der Waals surface area (Å²) in [5.41, 5.74) is 14.0. The Kier molecular flexibility index (Phi) is 4.29. The van der Waals surface area contributed by atoms with E-state index in [0.717, 1.165) is 18.6 Å². The number of fused-ring (bicyclic) bond motifs is 3. The summed E-state index contributed by atoms with van der Waals surface area (Å²) in [4.78, 5) is 2.93. The molecule has 2 aromatic rings. The first-order valence-electron chi connectivity index (χ1n) is 8.54. The number of hydrogen-bond donors (Lipinski definition) is 0. The van der Waals surface area contributed by atoms with E-state index in [1.54, 1.807) is 7.11 Å². The van der Waals surface area contributed by atoms with Crippen LogP contribution in [0.25, 0.3) is 21.7 Å². The van der Waals surface area contributed by atoms with E-state index in [4.69, 9.17) is 10.3 Å². The summed E-state index contributed by atoms with van der Waals surface area (Å²) >= 11 is 0. The smallest absolute Gasteiger partial charge is 0.119 e. The van der Waals surface area contributed by atoms with Gasteiger partial charge in [-0.3, -0.25) is 0 Å². The highest BCUT2D eigenvalue weighted by atomic mass is 16.5. The fourth-order valence-electron chi connectivity index (χ4n) is 4.14. The Balaban J connectivity index is 2.19. The number of nitrogens with zero attached hydrogens (tertiary/aromatic N) is 4.